The molecule has 3 N–H and O–H groups in total. The number of hydrogen-bond acceptors (Lipinski definition) is 8. The summed E-state index contributed by atoms with van der Waals surface area (Å²) in [6.45, 7) is 10.2. The maximum absolute atomic E-state index is 13.5. The van der Waals surface area contributed by atoms with Gasteiger partial charge in [0.25, 0.3) is 5.91 Å². The topological polar surface area (TPSA) is 119 Å². The largest absolute Gasteiger partial charge is 0.490 e. The molecule has 1 amide bonds. The Morgan fingerprint density at radius 2 is 1.96 bits per heavy atom. The molecule has 6 atom stereocenters. The standard InChI is InChI=1S/C38H52ClN3O6S/c1-25(2)41(17-18-43)23-38(45)16-5-7-26(3)27(4)49(46,47)40-36(44)29-10-14-35-34(20-29)42(21-30-9-12-33(30)38)22-37(24-48-35)15-6-8-28-19-31(39)11-13-32(28)37/h5,10-11,13-14,16,19-20,25-27,30,33,43,45H,6-9,12,15,17-18,21-24H2,1-4H3,(H,40,44)/b16-5+/t26-,27+,30-,33+,37-,38+/m0/s1. The summed E-state index contributed by atoms with van der Waals surface area (Å²) in [7, 11) is -4.00. The van der Waals surface area contributed by atoms with Gasteiger partial charge in [-0.2, -0.15) is 0 Å². The van der Waals surface area contributed by atoms with E-state index in [2.05, 4.69) is 40.5 Å². The normalized spacial score (nSPS) is 32.0. The minimum Gasteiger partial charge on any atom is -0.490 e. The molecule has 1 spiro atoms. The maximum Gasteiger partial charge on any atom is 0.264 e. The molecule has 2 aromatic rings. The molecule has 2 aliphatic heterocycles. The Hall–Kier alpha value is -2.63. The summed E-state index contributed by atoms with van der Waals surface area (Å²) in [5.41, 5.74) is 1.97. The third-order valence-electron chi connectivity index (χ3n) is 11.8. The third-order valence-corrected chi connectivity index (χ3v) is 14.0. The smallest absolute Gasteiger partial charge is 0.264 e. The van der Waals surface area contributed by atoms with Crippen LogP contribution in [0.3, 0.4) is 0 Å². The van der Waals surface area contributed by atoms with Gasteiger partial charge in [-0.15, -0.1) is 0 Å². The highest BCUT2D eigenvalue weighted by Gasteiger charge is 2.49. The van der Waals surface area contributed by atoms with E-state index in [0.29, 0.717) is 50.0 Å². The number of aliphatic hydroxyl groups excluding tert-OH is 1. The van der Waals surface area contributed by atoms with Gasteiger partial charge < -0.3 is 19.8 Å². The zero-order valence-electron chi connectivity index (χ0n) is 29.2. The summed E-state index contributed by atoms with van der Waals surface area (Å²) in [5.74, 6) is -0.221. The lowest BCUT2D eigenvalue weighted by atomic mass is 9.63. The molecule has 0 unspecified atom stereocenters. The summed E-state index contributed by atoms with van der Waals surface area (Å²) < 4.78 is 35.9. The number of sulfonamides is 1. The molecule has 11 heteroatoms. The number of carbonyl (C=O) groups is 1. The van der Waals surface area contributed by atoms with Crippen LogP contribution < -0.4 is 14.4 Å². The fourth-order valence-electron chi connectivity index (χ4n) is 8.52. The predicted molar refractivity (Wildman–Crippen MR) is 194 cm³/mol. The van der Waals surface area contributed by atoms with Crippen molar-refractivity contribution in [2.24, 2.45) is 17.8 Å². The minimum atomic E-state index is -4.00. The van der Waals surface area contributed by atoms with Crippen molar-refractivity contribution in [3.05, 3.63) is 70.3 Å². The predicted octanol–water partition coefficient (Wildman–Crippen LogP) is 5.32. The number of aliphatic hydroxyl groups is 2. The van der Waals surface area contributed by atoms with Crippen LogP contribution in [0.2, 0.25) is 5.02 Å². The number of anilines is 1. The van der Waals surface area contributed by atoms with Crippen molar-refractivity contribution in [1.29, 1.82) is 0 Å². The van der Waals surface area contributed by atoms with Gasteiger partial charge in [-0.1, -0.05) is 36.7 Å². The number of aryl methyl sites for hydroxylation is 1. The van der Waals surface area contributed by atoms with Crippen LogP contribution in [0.4, 0.5) is 5.69 Å². The molecule has 2 aliphatic carbocycles. The molecule has 1 saturated carbocycles. The quantitative estimate of drug-likeness (QED) is 0.357. The second-order valence-electron chi connectivity index (χ2n) is 15.3. The lowest BCUT2D eigenvalue weighted by molar-refractivity contribution is -0.0706. The number of carbonyl (C=O) groups excluding carboxylic acids is 1. The van der Waals surface area contributed by atoms with Crippen LogP contribution in [0, 0.1) is 17.8 Å². The summed E-state index contributed by atoms with van der Waals surface area (Å²) in [5, 5.41) is 22.3. The summed E-state index contributed by atoms with van der Waals surface area (Å²) >= 11 is 6.45. The van der Waals surface area contributed by atoms with E-state index < -0.39 is 26.8 Å². The van der Waals surface area contributed by atoms with E-state index in [4.69, 9.17) is 16.3 Å². The average molecular weight is 714 g/mol. The number of hydrogen-bond donors (Lipinski definition) is 3. The van der Waals surface area contributed by atoms with E-state index in [9.17, 15) is 23.4 Å². The minimum absolute atomic E-state index is 0.00807. The number of nitrogens with one attached hydrogen (secondary N) is 1. The van der Waals surface area contributed by atoms with Gasteiger partial charge in [0.15, 0.2) is 0 Å². The Morgan fingerprint density at radius 3 is 2.67 bits per heavy atom. The first-order valence-corrected chi connectivity index (χ1v) is 19.8. The number of halogens is 1. The first-order chi connectivity index (χ1) is 23.2. The van der Waals surface area contributed by atoms with Gasteiger partial charge >= 0.3 is 0 Å². The monoisotopic (exact) mass is 713 g/mol. The van der Waals surface area contributed by atoms with Crippen LogP contribution in [-0.2, 0) is 21.9 Å². The van der Waals surface area contributed by atoms with Crippen molar-refractivity contribution in [2.75, 3.05) is 44.3 Å². The molecule has 2 heterocycles. The van der Waals surface area contributed by atoms with Crippen molar-refractivity contribution < 1.29 is 28.2 Å². The summed E-state index contributed by atoms with van der Waals surface area (Å²) in [6, 6.07) is 11.5. The number of benzene rings is 2. The molecular formula is C38H52ClN3O6S. The molecular weight excluding hydrogens is 662 g/mol. The second kappa shape index (κ2) is 14.2. The number of amides is 1. The lowest BCUT2D eigenvalue weighted by Gasteiger charge is -2.50. The highest BCUT2D eigenvalue weighted by molar-refractivity contribution is 7.90. The molecule has 0 radical (unpaired) electrons. The molecule has 2 bridgehead atoms. The van der Waals surface area contributed by atoms with Crippen molar-refractivity contribution in [3.8, 4) is 5.75 Å². The number of rotatable bonds is 5. The Labute approximate surface area is 296 Å². The zero-order chi connectivity index (χ0) is 35.1. The van der Waals surface area contributed by atoms with Crippen LogP contribution in [0.15, 0.2) is 48.6 Å². The molecule has 49 heavy (non-hydrogen) atoms. The van der Waals surface area contributed by atoms with Gasteiger partial charge in [-0.05, 0) is 119 Å². The van der Waals surface area contributed by atoms with E-state index in [0.717, 1.165) is 37.8 Å². The number of ether oxygens (including phenoxy) is 1. The Balaban J connectivity index is 1.45. The van der Waals surface area contributed by atoms with Crippen LogP contribution >= 0.6 is 11.6 Å². The second-order valence-corrected chi connectivity index (χ2v) is 17.8. The average Bonchev–Trinajstić information content (AvgIpc) is 3.18. The Morgan fingerprint density at radius 1 is 1.16 bits per heavy atom. The van der Waals surface area contributed by atoms with Gasteiger partial charge in [0.2, 0.25) is 10.0 Å². The Bertz CT molecular complexity index is 1680. The van der Waals surface area contributed by atoms with Gasteiger partial charge in [0.1, 0.15) is 5.75 Å². The molecule has 0 saturated heterocycles. The molecule has 2 aromatic carbocycles. The van der Waals surface area contributed by atoms with E-state index >= 15 is 0 Å². The lowest BCUT2D eigenvalue weighted by Crippen LogP contribution is -2.57. The first-order valence-electron chi connectivity index (χ1n) is 17.9. The van der Waals surface area contributed by atoms with E-state index in [1.54, 1.807) is 25.1 Å². The third kappa shape index (κ3) is 7.27. The summed E-state index contributed by atoms with van der Waals surface area (Å²) in [6.07, 6.45) is 8.89. The Kier molecular flexibility index (Phi) is 10.5. The molecule has 0 aromatic heterocycles. The molecule has 6 rings (SSSR count). The molecule has 268 valence electrons. The van der Waals surface area contributed by atoms with Crippen molar-refractivity contribution in [3.63, 3.8) is 0 Å². The van der Waals surface area contributed by atoms with Crippen LogP contribution in [-0.4, -0.2) is 85.7 Å². The van der Waals surface area contributed by atoms with Gasteiger partial charge in [0, 0.05) is 48.2 Å². The fraction of sp³-hybridized carbons (Fsp3) is 0.605. The zero-order valence-corrected chi connectivity index (χ0v) is 30.8. The van der Waals surface area contributed by atoms with Gasteiger partial charge in [-0.3, -0.25) is 9.69 Å². The van der Waals surface area contributed by atoms with Gasteiger partial charge in [0.05, 0.1) is 29.8 Å². The number of nitrogens with zero attached hydrogens (tertiary/aromatic N) is 2. The number of allylic oxidation sites excluding steroid dienone is 1. The van der Waals surface area contributed by atoms with Crippen LogP contribution in [0.25, 0.3) is 0 Å². The van der Waals surface area contributed by atoms with Gasteiger partial charge in [-0.25, -0.2) is 13.1 Å². The first kappa shape index (κ1) is 36.2. The summed E-state index contributed by atoms with van der Waals surface area (Å²) in [4.78, 5) is 18.0. The van der Waals surface area contributed by atoms with E-state index in [1.807, 2.05) is 25.1 Å². The van der Waals surface area contributed by atoms with Crippen molar-refractivity contribution in [1.82, 2.24) is 9.62 Å². The molecule has 1 fully saturated rings. The van der Waals surface area contributed by atoms with Crippen LogP contribution in [0.5, 0.6) is 5.75 Å². The maximum atomic E-state index is 13.5. The van der Waals surface area contributed by atoms with Crippen molar-refractivity contribution in [2.45, 2.75) is 88.5 Å². The van der Waals surface area contributed by atoms with E-state index in [1.165, 1.54) is 11.1 Å². The van der Waals surface area contributed by atoms with Crippen molar-refractivity contribution >= 4 is 33.2 Å². The highest BCUT2D eigenvalue weighted by Crippen LogP contribution is 2.48. The molecule has 4 aliphatic rings. The SMILES string of the molecule is CC(C)N(CCO)C[C@]1(O)/C=C/C[C@H](C)[C@@H](C)S(=O)(=O)NC(=O)c2ccc3c(c2)N(C[C@@H]2CC[C@H]21)C[C@@]1(CCCc2cc(Cl)ccc21)CO3. The highest BCUT2D eigenvalue weighted by atomic mass is 35.5. The number of fused-ring (bicyclic) bond motifs is 4. The van der Waals surface area contributed by atoms with Crippen LogP contribution in [0.1, 0.15) is 81.3 Å². The van der Waals surface area contributed by atoms with E-state index in [-0.39, 0.29) is 41.4 Å². The fourth-order valence-corrected chi connectivity index (χ4v) is 10.00. The molecule has 9 nitrogen and oxygen atoms in total.